The lowest BCUT2D eigenvalue weighted by Gasteiger charge is -2.07. The number of hydrogen-bond acceptors (Lipinski definition) is 4. The fraction of sp³-hybridized carbons (Fsp3) is 0.0714. The zero-order chi connectivity index (χ0) is 14.8. The first-order chi connectivity index (χ1) is 10.2. The third-order valence-electron chi connectivity index (χ3n) is 3.00. The van der Waals surface area contributed by atoms with Crippen LogP contribution in [0.1, 0.15) is 10.4 Å². The Bertz CT molecular complexity index is 866. The Morgan fingerprint density at radius 3 is 3.00 bits per heavy atom. The molecule has 0 aliphatic carbocycles. The lowest BCUT2D eigenvalue weighted by Crippen LogP contribution is -2.15. The lowest BCUT2D eigenvalue weighted by molar-refractivity contribution is 0.102. The first-order valence-corrected chi connectivity index (χ1v) is 6.19. The van der Waals surface area contributed by atoms with Gasteiger partial charge in [0.15, 0.2) is 5.65 Å². The molecule has 7 nitrogen and oxygen atoms in total. The van der Waals surface area contributed by atoms with Crippen molar-refractivity contribution in [1.82, 2.24) is 14.6 Å². The number of rotatable bonds is 3. The highest BCUT2D eigenvalue weighted by Crippen LogP contribution is 2.17. The number of anilines is 1. The zero-order valence-corrected chi connectivity index (χ0v) is 11.2. The summed E-state index contributed by atoms with van der Waals surface area (Å²) in [4.78, 5) is 23.7. The van der Waals surface area contributed by atoms with Gasteiger partial charge >= 0.3 is 5.69 Å². The van der Waals surface area contributed by atoms with Crippen LogP contribution < -0.4 is 15.7 Å². The molecule has 0 aliphatic heterocycles. The van der Waals surface area contributed by atoms with E-state index in [9.17, 15) is 9.59 Å². The van der Waals surface area contributed by atoms with Gasteiger partial charge in [0.05, 0.1) is 12.7 Å². The van der Waals surface area contributed by atoms with Crippen molar-refractivity contribution in [2.45, 2.75) is 0 Å². The highest BCUT2D eigenvalue weighted by molar-refractivity contribution is 6.04. The van der Waals surface area contributed by atoms with Crippen molar-refractivity contribution in [3.05, 3.63) is 58.6 Å². The van der Waals surface area contributed by atoms with E-state index in [1.165, 1.54) is 10.6 Å². The van der Waals surface area contributed by atoms with E-state index in [2.05, 4.69) is 15.5 Å². The van der Waals surface area contributed by atoms with Crippen LogP contribution in [0.5, 0.6) is 5.75 Å². The van der Waals surface area contributed by atoms with E-state index < -0.39 is 0 Å². The quantitative estimate of drug-likeness (QED) is 0.758. The third kappa shape index (κ3) is 2.48. The molecule has 0 aliphatic rings. The normalized spacial score (nSPS) is 10.5. The van der Waals surface area contributed by atoms with Crippen LogP contribution in [0.2, 0.25) is 0 Å². The van der Waals surface area contributed by atoms with Crippen molar-refractivity contribution in [1.29, 1.82) is 0 Å². The Hall–Kier alpha value is -3.09. The highest BCUT2D eigenvalue weighted by atomic mass is 16.5. The molecular weight excluding hydrogens is 272 g/mol. The number of pyridine rings is 1. The van der Waals surface area contributed by atoms with Gasteiger partial charge in [0.2, 0.25) is 0 Å². The first-order valence-electron chi connectivity index (χ1n) is 6.19. The summed E-state index contributed by atoms with van der Waals surface area (Å²) in [6.07, 6.45) is 1.44. The number of fused-ring (bicyclic) bond motifs is 1. The molecule has 0 atom stereocenters. The van der Waals surface area contributed by atoms with Gasteiger partial charge in [0.25, 0.3) is 5.91 Å². The summed E-state index contributed by atoms with van der Waals surface area (Å²) < 4.78 is 6.37. The fourth-order valence-electron chi connectivity index (χ4n) is 1.94. The molecule has 2 heterocycles. The van der Waals surface area contributed by atoms with Crippen molar-refractivity contribution in [3.63, 3.8) is 0 Å². The molecule has 0 saturated carbocycles. The Labute approximate surface area is 119 Å². The molecule has 0 fully saturated rings. The average Bonchev–Trinajstić information content (AvgIpc) is 2.88. The summed E-state index contributed by atoms with van der Waals surface area (Å²) in [5.74, 6) is 0.326. The minimum absolute atomic E-state index is 0.321. The largest absolute Gasteiger partial charge is 0.497 e. The van der Waals surface area contributed by atoms with Crippen LogP contribution in [-0.2, 0) is 0 Å². The number of benzene rings is 1. The molecule has 0 spiro atoms. The summed E-state index contributed by atoms with van der Waals surface area (Å²) in [6, 6.07) is 10.2. The summed E-state index contributed by atoms with van der Waals surface area (Å²) >= 11 is 0. The molecule has 0 radical (unpaired) electrons. The first kappa shape index (κ1) is 12.9. The number of carbonyl (C=O) groups excluding carboxylic acids is 1. The fourth-order valence-corrected chi connectivity index (χ4v) is 1.94. The molecule has 21 heavy (non-hydrogen) atoms. The van der Waals surface area contributed by atoms with Crippen LogP contribution in [-0.4, -0.2) is 27.6 Å². The van der Waals surface area contributed by atoms with Gasteiger partial charge in [-0.1, -0.05) is 6.07 Å². The van der Waals surface area contributed by atoms with Gasteiger partial charge in [-0.3, -0.25) is 4.79 Å². The molecule has 0 saturated heterocycles. The molecule has 0 bridgehead atoms. The van der Waals surface area contributed by atoms with E-state index in [0.29, 0.717) is 22.6 Å². The number of nitrogens with one attached hydrogen (secondary N) is 2. The smallest absolute Gasteiger partial charge is 0.347 e. The van der Waals surface area contributed by atoms with Crippen LogP contribution in [0.4, 0.5) is 5.69 Å². The van der Waals surface area contributed by atoms with Crippen LogP contribution in [0, 0.1) is 0 Å². The van der Waals surface area contributed by atoms with Gasteiger partial charge in [-0.25, -0.2) is 14.3 Å². The summed E-state index contributed by atoms with van der Waals surface area (Å²) in [6.45, 7) is 0. The Morgan fingerprint density at radius 1 is 1.33 bits per heavy atom. The van der Waals surface area contributed by atoms with Crippen molar-refractivity contribution >= 4 is 17.2 Å². The summed E-state index contributed by atoms with van der Waals surface area (Å²) in [7, 11) is 1.56. The second-order valence-electron chi connectivity index (χ2n) is 4.36. The summed E-state index contributed by atoms with van der Waals surface area (Å²) in [5, 5.41) is 8.86. The zero-order valence-electron chi connectivity index (χ0n) is 11.2. The average molecular weight is 284 g/mol. The van der Waals surface area contributed by atoms with Gasteiger partial charge < -0.3 is 10.1 Å². The minimum Gasteiger partial charge on any atom is -0.497 e. The van der Waals surface area contributed by atoms with Crippen LogP contribution in [0.25, 0.3) is 5.65 Å². The SMILES string of the molecule is COc1cccc(NC(=O)c2ccc3n[nH]c(=O)n3c2)c1. The van der Waals surface area contributed by atoms with E-state index in [0.717, 1.165) is 0 Å². The number of methoxy groups -OCH3 is 1. The minimum atomic E-state index is -0.388. The number of carbonyl (C=O) groups is 1. The number of hydrogen-bond donors (Lipinski definition) is 2. The topological polar surface area (TPSA) is 88.5 Å². The molecule has 1 amide bonds. The van der Waals surface area contributed by atoms with Crippen molar-refractivity contribution in [2.24, 2.45) is 0 Å². The maximum atomic E-state index is 12.2. The van der Waals surface area contributed by atoms with Crippen molar-refractivity contribution in [3.8, 4) is 5.75 Å². The van der Waals surface area contributed by atoms with Gasteiger partial charge in [0, 0.05) is 18.0 Å². The number of amides is 1. The maximum Gasteiger partial charge on any atom is 0.347 e. The molecule has 2 aromatic heterocycles. The Kier molecular flexibility index (Phi) is 3.15. The van der Waals surface area contributed by atoms with E-state index in [4.69, 9.17) is 4.74 Å². The molecule has 2 N–H and O–H groups in total. The van der Waals surface area contributed by atoms with Crippen LogP contribution >= 0.6 is 0 Å². The predicted octanol–water partition coefficient (Wildman–Crippen LogP) is 1.28. The standard InChI is InChI=1S/C14H12N4O3/c1-21-11-4-2-3-10(7-11)15-13(19)9-5-6-12-16-17-14(20)18(12)8-9/h2-8H,1H3,(H,15,19)(H,17,20). The number of aromatic nitrogens is 3. The van der Waals surface area contributed by atoms with Gasteiger partial charge in [-0.2, -0.15) is 5.10 Å². The molecule has 0 unspecified atom stereocenters. The number of aromatic amines is 1. The molecule has 3 rings (SSSR count). The van der Waals surface area contributed by atoms with E-state index in [1.54, 1.807) is 43.5 Å². The van der Waals surface area contributed by atoms with E-state index in [1.807, 2.05) is 0 Å². The van der Waals surface area contributed by atoms with E-state index in [-0.39, 0.29) is 11.6 Å². The van der Waals surface area contributed by atoms with Gasteiger partial charge in [0.1, 0.15) is 5.75 Å². The molecule has 1 aromatic carbocycles. The predicted molar refractivity (Wildman–Crippen MR) is 76.8 cm³/mol. The highest BCUT2D eigenvalue weighted by Gasteiger charge is 2.09. The van der Waals surface area contributed by atoms with Crippen molar-refractivity contribution < 1.29 is 9.53 Å². The molecule has 3 aromatic rings. The van der Waals surface area contributed by atoms with Crippen LogP contribution in [0.15, 0.2) is 47.4 Å². The van der Waals surface area contributed by atoms with Gasteiger partial charge in [-0.15, -0.1) is 0 Å². The number of nitrogens with zero attached hydrogens (tertiary/aromatic N) is 2. The van der Waals surface area contributed by atoms with Crippen molar-refractivity contribution in [2.75, 3.05) is 12.4 Å². The summed E-state index contributed by atoms with van der Waals surface area (Å²) in [5.41, 5.74) is 1.03. The maximum absolute atomic E-state index is 12.2. The van der Waals surface area contributed by atoms with E-state index >= 15 is 0 Å². The number of ether oxygens (including phenoxy) is 1. The van der Waals surface area contributed by atoms with Gasteiger partial charge in [-0.05, 0) is 24.3 Å². The van der Waals surface area contributed by atoms with Crippen LogP contribution in [0.3, 0.4) is 0 Å². The molecular formula is C14H12N4O3. The number of H-pyrrole nitrogens is 1. The molecule has 106 valence electrons. The Morgan fingerprint density at radius 2 is 2.19 bits per heavy atom. The lowest BCUT2D eigenvalue weighted by atomic mass is 10.2. The Balaban J connectivity index is 1.89. The monoisotopic (exact) mass is 284 g/mol. The third-order valence-corrected chi connectivity index (χ3v) is 3.00. The molecule has 7 heteroatoms. The second kappa shape index (κ2) is 5.12. The second-order valence-corrected chi connectivity index (χ2v) is 4.36.